The van der Waals surface area contributed by atoms with Gasteiger partial charge in [0, 0.05) is 16.0 Å². The molecule has 32 heavy (non-hydrogen) atoms. The molecule has 3 amide bonds. The average Bonchev–Trinajstić information content (AvgIpc) is 3.17. The minimum atomic E-state index is -0.562. The molecule has 0 unspecified atom stereocenters. The lowest BCUT2D eigenvalue weighted by atomic mass is 9.81. The van der Waals surface area contributed by atoms with Crippen molar-refractivity contribution in [3.8, 4) is 0 Å². The predicted molar refractivity (Wildman–Crippen MR) is 120 cm³/mol. The number of carbonyl (C=O) groups excluding carboxylic acids is 4. The van der Waals surface area contributed by atoms with Crippen LogP contribution in [-0.2, 0) is 21.5 Å². The average molecular weight is 456 g/mol. The Hall–Kier alpha value is -3.04. The van der Waals surface area contributed by atoms with Gasteiger partial charge in [-0.25, -0.2) is 4.79 Å². The molecule has 2 N–H and O–H groups in total. The van der Waals surface area contributed by atoms with Crippen LogP contribution in [0, 0.1) is 0 Å². The molecule has 9 heteroatoms. The number of hydrogen-bond acceptors (Lipinski definition) is 7. The minimum Gasteiger partial charge on any atom is -0.465 e. The van der Waals surface area contributed by atoms with Gasteiger partial charge in [-0.05, 0) is 51.8 Å². The molecule has 2 aliphatic rings. The molecule has 0 fully saturated rings. The zero-order chi connectivity index (χ0) is 23.4. The van der Waals surface area contributed by atoms with Crippen LogP contribution in [-0.4, -0.2) is 47.8 Å². The van der Waals surface area contributed by atoms with Crippen LogP contribution in [0.25, 0.3) is 0 Å². The van der Waals surface area contributed by atoms with Crippen LogP contribution in [0.1, 0.15) is 69.2 Å². The molecule has 1 aromatic heterocycles. The summed E-state index contributed by atoms with van der Waals surface area (Å²) >= 11 is 1.30. The summed E-state index contributed by atoms with van der Waals surface area (Å²) in [5, 5.41) is 6.67. The number of rotatable bonds is 4. The van der Waals surface area contributed by atoms with Gasteiger partial charge in [-0.2, -0.15) is 0 Å². The number of esters is 1. The lowest BCUT2D eigenvalue weighted by molar-refractivity contribution is -0.116. The third-order valence-corrected chi connectivity index (χ3v) is 7.14. The molecule has 1 aromatic carbocycles. The van der Waals surface area contributed by atoms with Crippen molar-refractivity contribution in [3.05, 3.63) is 51.4 Å². The van der Waals surface area contributed by atoms with Crippen LogP contribution < -0.4 is 10.6 Å². The second-order valence-electron chi connectivity index (χ2n) is 9.21. The second-order valence-corrected chi connectivity index (χ2v) is 10.2. The number of hydrogen-bond donors (Lipinski definition) is 2. The van der Waals surface area contributed by atoms with Gasteiger partial charge in [-0.1, -0.05) is 12.1 Å². The quantitative estimate of drug-likeness (QED) is 0.543. The largest absolute Gasteiger partial charge is 0.465 e. The van der Waals surface area contributed by atoms with E-state index in [1.54, 1.807) is 24.3 Å². The van der Waals surface area contributed by atoms with Crippen LogP contribution in [0.4, 0.5) is 5.00 Å². The molecule has 0 saturated heterocycles. The smallest absolute Gasteiger partial charge is 0.341 e. The highest BCUT2D eigenvalue weighted by Gasteiger charge is 2.42. The zero-order valence-electron chi connectivity index (χ0n) is 18.6. The number of carbonyl (C=O) groups is 4. The van der Waals surface area contributed by atoms with Crippen molar-refractivity contribution in [2.24, 2.45) is 0 Å². The van der Waals surface area contributed by atoms with Crippen LogP contribution in [0.2, 0.25) is 0 Å². The minimum absolute atomic E-state index is 0.262. The van der Waals surface area contributed by atoms with Crippen LogP contribution in [0.15, 0.2) is 24.3 Å². The van der Waals surface area contributed by atoms with Crippen LogP contribution in [0.5, 0.6) is 0 Å². The summed E-state index contributed by atoms with van der Waals surface area (Å²) in [6.45, 7) is 7.71. The first kappa shape index (κ1) is 22.2. The van der Waals surface area contributed by atoms with E-state index in [2.05, 4.69) is 24.5 Å². The molecule has 0 atom stereocenters. The van der Waals surface area contributed by atoms with Gasteiger partial charge in [0.2, 0.25) is 5.91 Å². The van der Waals surface area contributed by atoms with Crippen molar-refractivity contribution in [1.29, 1.82) is 0 Å². The van der Waals surface area contributed by atoms with Gasteiger partial charge in [-0.3, -0.25) is 19.3 Å². The number of benzene rings is 1. The summed E-state index contributed by atoms with van der Waals surface area (Å²) < 4.78 is 5.01. The Labute approximate surface area is 189 Å². The van der Waals surface area contributed by atoms with Gasteiger partial charge in [0.05, 0.1) is 23.8 Å². The zero-order valence-corrected chi connectivity index (χ0v) is 19.4. The fraction of sp³-hybridized carbons (Fsp3) is 0.391. The van der Waals surface area contributed by atoms with Gasteiger partial charge in [0.1, 0.15) is 11.5 Å². The van der Waals surface area contributed by atoms with Crippen molar-refractivity contribution < 1.29 is 23.9 Å². The molecule has 0 saturated carbocycles. The van der Waals surface area contributed by atoms with Gasteiger partial charge < -0.3 is 15.4 Å². The summed E-state index contributed by atoms with van der Waals surface area (Å²) in [7, 11) is 1.30. The van der Waals surface area contributed by atoms with Crippen LogP contribution in [0.3, 0.4) is 0 Å². The Kier molecular flexibility index (Phi) is 5.21. The summed E-state index contributed by atoms with van der Waals surface area (Å²) in [6.07, 6.45) is 0.584. The Morgan fingerprint density at radius 3 is 2.28 bits per heavy atom. The first-order valence-electron chi connectivity index (χ1n) is 10.2. The number of ether oxygens (including phenoxy) is 1. The van der Waals surface area contributed by atoms with Crippen molar-refractivity contribution in [3.63, 3.8) is 0 Å². The number of anilines is 1. The van der Waals surface area contributed by atoms with Gasteiger partial charge in [0.15, 0.2) is 0 Å². The van der Waals surface area contributed by atoms with E-state index in [-0.39, 0.29) is 16.7 Å². The summed E-state index contributed by atoms with van der Waals surface area (Å²) in [6, 6.07) is 6.47. The molecule has 8 nitrogen and oxygen atoms in total. The topological polar surface area (TPSA) is 105 Å². The van der Waals surface area contributed by atoms with E-state index >= 15 is 0 Å². The van der Waals surface area contributed by atoms with Crippen molar-refractivity contribution >= 4 is 40.0 Å². The van der Waals surface area contributed by atoms with Gasteiger partial charge in [0.25, 0.3) is 11.8 Å². The SMILES string of the molecule is COC(=O)c1c(NC(=O)CN2C(=O)c3ccccc3C2=O)sc2c1CC(C)(C)NC2(C)C. The maximum atomic E-state index is 12.9. The molecule has 0 bridgehead atoms. The summed E-state index contributed by atoms with van der Waals surface area (Å²) in [5.41, 5.74) is 1.04. The highest BCUT2D eigenvalue weighted by atomic mass is 32.1. The van der Waals surface area contributed by atoms with E-state index in [0.717, 1.165) is 15.3 Å². The number of methoxy groups -OCH3 is 1. The number of nitrogens with one attached hydrogen (secondary N) is 2. The molecule has 168 valence electrons. The van der Waals surface area contributed by atoms with Crippen molar-refractivity contribution in [2.45, 2.75) is 45.2 Å². The highest BCUT2D eigenvalue weighted by Crippen LogP contribution is 2.45. The highest BCUT2D eigenvalue weighted by molar-refractivity contribution is 7.17. The van der Waals surface area contributed by atoms with Crippen molar-refractivity contribution in [1.82, 2.24) is 10.2 Å². The third kappa shape index (κ3) is 3.61. The maximum absolute atomic E-state index is 12.9. The number of nitrogens with zero attached hydrogens (tertiary/aromatic N) is 1. The fourth-order valence-electron chi connectivity index (χ4n) is 4.63. The Morgan fingerprint density at radius 2 is 1.72 bits per heavy atom. The molecule has 0 radical (unpaired) electrons. The predicted octanol–water partition coefficient (Wildman–Crippen LogP) is 2.93. The number of fused-ring (bicyclic) bond motifs is 2. The molecule has 3 heterocycles. The molecule has 0 spiro atoms. The van der Waals surface area contributed by atoms with E-state index in [4.69, 9.17) is 4.74 Å². The summed E-state index contributed by atoms with van der Waals surface area (Å²) in [4.78, 5) is 52.5. The third-order valence-electron chi connectivity index (χ3n) is 5.67. The summed E-state index contributed by atoms with van der Waals surface area (Å²) in [5.74, 6) is -2.11. The monoisotopic (exact) mass is 455 g/mol. The number of thiophene rings is 1. The molecule has 4 rings (SSSR count). The molecular weight excluding hydrogens is 430 g/mol. The Balaban J connectivity index is 1.63. The first-order chi connectivity index (χ1) is 14.9. The molecule has 2 aliphatic heterocycles. The molecular formula is C23H25N3O5S. The van der Waals surface area contributed by atoms with E-state index < -0.39 is 35.8 Å². The lowest BCUT2D eigenvalue weighted by Crippen LogP contribution is -2.55. The van der Waals surface area contributed by atoms with Crippen molar-refractivity contribution in [2.75, 3.05) is 19.0 Å². The normalized spacial score (nSPS) is 18.2. The second kappa shape index (κ2) is 7.53. The standard InChI is InChI=1S/C23H25N3O5S/c1-22(2)10-14-16(21(30)31-5)18(32-17(14)23(3,4)25-22)24-15(27)11-26-19(28)12-8-6-7-9-13(12)20(26)29/h6-9,25H,10-11H2,1-5H3,(H,24,27). The van der Waals surface area contributed by atoms with Gasteiger partial charge in [-0.15, -0.1) is 11.3 Å². The lowest BCUT2D eigenvalue weighted by Gasteiger charge is -2.42. The van der Waals surface area contributed by atoms with E-state index in [1.807, 2.05) is 13.8 Å². The van der Waals surface area contributed by atoms with Crippen LogP contribution >= 0.6 is 11.3 Å². The Morgan fingerprint density at radius 1 is 1.12 bits per heavy atom. The Bertz CT molecular complexity index is 1130. The van der Waals surface area contributed by atoms with E-state index in [9.17, 15) is 19.2 Å². The molecule has 0 aliphatic carbocycles. The fourth-order valence-corrected chi connectivity index (χ4v) is 5.91. The number of imide groups is 1. The van der Waals surface area contributed by atoms with Gasteiger partial charge >= 0.3 is 5.97 Å². The molecule has 2 aromatic rings. The first-order valence-corrected chi connectivity index (χ1v) is 11.1. The number of amides is 3. The van der Waals surface area contributed by atoms with E-state index in [1.165, 1.54) is 18.4 Å². The maximum Gasteiger partial charge on any atom is 0.341 e. The van der Waals surface area contributed by atoms with E-state index in [0.29, 0.717) is 17.0 Å².